The SMILES string of the molecule is COC(=O)[C@@H]1CCN(Cc2cc(Cl)c3oc(-c4cccc(Br)c4C)nc3c2)C1. The quantitative estimate of drug-likeness (QED) is 0.497. The van der Waals surface area contributed by atoms with Crippen molar-refractivity contribution < 1.29 is 13.9 Å². The predicted molar refractivity (Wildman–Crippen MR) is 112 cm³/mol. The van der Waals surface area contributed by atoms with Crippen LogP contribution in [0.4, 0.5) is 0 Å². The highest BCUT2D eigenvalue weighted by Gasteiger charge is 2.29. The van der Waals surface area contributed by atoms with Crippen LogP contribution in [0.2, 0.25) is 5.02 Å². The molecule has 146 valence electrons. The second-order valence-electron chi connectivity index (χ2n) is 7.10. The van der Waals surface area contributed by atoms with Crippen LogP contribution in [0.25, 0.3) is 22.6 Å². The lowest BCUT2D eigenvalue weighted by Gasteiger charge is -2.15. The lowest BCUT2D eigenvalue weighted by Crippen LogP contribution is -2.23. The molecule has 0 bridgehead atoms. The first kappa shape index (κ1) is 19.4. The fourth-order valence-corrected chi connectivity index (χ4v) is 4.33. The first-order valence-corrected chi connectivity index (χ1v) is 10.3. The zero-order chi connectivity index (χ0) is 19.8. The molecule has 1 atom stereocenters. The molecular weight excluding hydrogens is 444 g/mol. The van der Waals surface area contributed by atoms with Crippen molar-refractivity contribution in [1.29, 1.82) is 0 Å². The van der Waals surface area contributed by atoms with Crippen molar-refractivity contribution >= 4 is 44.6 Å². The Morgan fingerprint density at radius 1 is 1.43 bits per heavy atom. The van der Waals surface area contributed by atoms with Crippen LogP contribution in [0.3, 0.4) is 0 Å². The molecule has 7 heteroatoms. The monoisotopic (exact) mass is 462 g/mol. The Morgan fingerprint density at radius 2 is 2.25 bits per heavy atom. The number of aromatic nitrogens is 1. The molecule has 0 unspecified atom stereocenters. The van der Waals surface area contributed by atoms with Crippen molar-refractivity contribution in [3.63, 3.8) is 0 Å². The van der Waals surface area contributed by atoms with E-state index in [1.54, 1.807) is 0 Å². The third-order valence-electron chi connectivity index (χ3n) is 5.22. The van der Waals surface area contributed by atoms with E-state index in [9.17, 15) is 4.79 Å². The highest BCUT2D eigenvalue weighted by Crippen LogP contribution is 2.34. The summed E-state index contributed by atoms with van der Waals surface area (Å²) in [5, 5.41) is 0.544. The van der Waals surface area contributed by atoms with Gasteiger partial charge in [0.15, 0.2) is 5.58 Å². The lowest BCUT2D eigenvalue weighted by atomic mass is 10.1. The Labute approximate surface area is 176 Å². The highest BCUT2D eigenvalue weighted by atomic mass is 79.9. The van der Waals surface area contributed by atoms with Crippen LogP contribution < -0.4 is 0 Å². The number of likely N-dealkylation sites (tertiary alicyclic amines) is 1. The summed E-state index contributed by atoms with van der Waals surface area (Å²) in [6.07, 6.45) is 0.818. The molecule has 1 fully saturated rings. The number of oxazole rings is 1. The average Bonchev–Trinajstić information content (AvgIpc) is 3.31. The number of esters is 1. The van der Waals surface area contributed by atoms with Gasteiger partial charge in [-0.15, -0.1) is 0 Å². The first-order chi connectivity index (χ1) is 13.5. The summed E-state index contributed by atoms with van der Waals surface area (Å²) in [4.78, 5) is 18.6. The minimum Gasteiger partial charge on any atom is -0.469 e. The van der Waals surface area contributed by atoms with E-state index in [0.29, 0.717) is 29.6 Å². The van der Waals surface area contributed by atoms with E-state index in [2.05, 4.69) is 25.8 Å². The first-order valence-electron chi connectivity index (χ1n) is 9.11. The van der Waals surface area contributed by atoms with Gasteiger partial charge in [0.1, 0.15) is 5.52 Å². The third-order valence-corrected chi connectivity index (χ3v) is 6.36. The van der Waals surface area contributed by atoms with Crippen molar-refractivity contribution in [2.24, 2.45) is 5.92 Å². The standard InChI is InChI=1S/C21H20BrClN2O3/c1-12-15(4-3-5-16(12)22)20-24-18-9-13(8-17(23)19(18)28-20)10-25-7-6-14(11-25)21(26)27-2/h3-5,8-9,14H,6-7,10-11H2,1-2H3/t14-/m1/s1. The summed E-state index contributed by atoms with van der Waals surface area (Å²) in [5.74, 6) is 0.364. The van der Waals surface area contributed by atoms with Crippen LogP contribution in [0.1, 0.15) is 17.5 Å². The zero-order valence-corrected chi connectivity index (χ0v) is 18.0. The second kappa shape index (κ2) is 7.85. The van der Waals surface area contributed by atoms with Crippen molar-refractivity contribution in [2.75, 3.05) is 20.2 Å². The van der Waals surface area contributed by atoms with Crippen LogP contribution in [-0.4, -0.2) is 36.1 Å². The summed E-state index contributed by atoms with van der Waals surface area (Å²) < 4.78 is 11.8. The Hall–Kier alpha value is -1.89. The maximum absolute atomic E-state index is 11.7. The molecule has 1 aromatic heterocycles. The van der Waals surface area contributed by atoms with Crippen molar-refractivity contribution in [3.05, 3.63) is 51.0 Å². The predicted octanol–water partition coefficient (Wildman–Crippen LogP) is 5.21. The summed E-state index contributed by atoms with van der Waals surface area (Å²) in [7, 11) is 1.44. The van der Waals surface area contributed by atoms with Crippen molar-refractivity contribution in [3.8, 4) is 11.5 Å². The number of carbonyl (C=O) groups excluding carboxylic acids is 1. The van der Waals surface area contributed by atoms with E-state index < -0.39 is 0 Å². The molecule has 1 aliphatic heterocycles. The molecule has 0 aliphatic carbocycles. The number of ether oxygens (including phenoxy) is 1. The van der Waals surface area contributed by atoms with Gasteiger partial charge >= 0.3 is 5.97 Å². The van der Waals surface area contributed by atoms with Gasteiger partial charge in [-0.05, 0) is 55.3 Å². The van der Waals surface area contributed by atoms with Crippen molar-refractivity contribution in [2.45, 2.75) is 19.9 Å². The van der Waals surface area contributed by atoms with Gasteiger partial charge in [0.2, 0.25) is 5.89 Å². The Balaban J connectivity index is 1.60. The van der Waals surface area contributed by atoms with E-state index in [1.807, 2.05) is 37.3 Å². The molecule has 0 radical (unpaired) electrons. The van der Waals surface area contributed by atoms with Gasteiger partial charge in [0, 0.05) is 23.1 Å². The molecule has 3 aromatic rings. The Bertz CT molecular complexity index is 1050. The zero-order valence-electron chi connectivity index (χ0n) is 15.7. The van der Waals surface area contributed by atoms with Crippen LogP contribution in [0, 0.1) is 12.8 Å². The molecule has 4 rings (SSSR count). The molecule has 0 saturated carbocycles. The number of hydrogen-bond acceptors (Lipinski definition) is 5. The van der Waals surface area contributed by atoms with Crippen LogP contribution in [-0.2, 0) is 16.1 Å². The van der Waals surface area contributed by atoms with Gasteiger partial charge in [-0.3, -0.25) is 9.69 Å². The minimum absolute atomic E-state index is 0.0534. The van der Waals surface area contributed by atoms with Crippen molar-refractivity contribution in [1.82, 2.24) is 9.88 Å². The van der Waals surface area contributed by atoms with Gasteiger partial charge in [-0.25, -0.2) is 4.98 Å². The summed E-state index contributed by atoms with van der Waals surface area (Å²) in [6.45, 7) is 4.29. The number of benzene rings is 2. The number of rotatable bonds is 4. The van der Waals surface area contributed by atoms with Gasteiger partial charge < -0.3 is 9.15 Å². The van der Waals surface area contributed by atoms with Gasteiger partial charge in [0.05, 0.1) is 18.1 Å². The molecule has 2 aromatic carbocycles. The minimum atomic E-state index is -0.137. The number of carbonyl (C=O) groups is 1. The van der Waals surface area contributed by atoms with Gasteiger partial charge in [-0.1, -0.05) is 33.6 Å². The maximum atomic E-state index is 11.7. The van der Waals surface area contributed by atoms with E-state index in [4.69, 9.17) is 20.8 Å². The topological polar surface area (TPSA) is 55.6 Å². The number of fused-ring (bicyclic) bond motifs is 1. The molecular formula is C21H20BrClN2O3. The summed E-state index contributed by atoms with van der Waals surface area (Å²) in [5.41, 5.74) is 4.38. The number of halogens is 2. The van der Waals surface area contributed by atoms with Crippen LogP contribution >= 0.6 is 27.5 Å². The van der Waals surface area contributed by atoms with E-state index >= 15 is 0 Å². The number of hydrogen-bond donors (Lipinski definition) is 0. The van der Waals surface area contributed by atoms with Gasteiger partial charge in [0.25, 0.3) is 0 Å². The normalized spacial score (nSPS) is 17.4. The molecule has 0 N–H and O–H groups in total. The molecule has 0 amide bonds. The average molecular weight is 464 g/mol. The molecule has 28 heavy (non-hydrogen) atoms. The fraction of sp³-hybridized carbons (Fsp3) is 0.333. The van der Waals surface area contributed by atoms with Crippen LogP contribution in [0.5, 0.6) is 0 Å². The van der Waals surface area contributed by atoms with E-state index in [-0.39, 0.29) is 11.9 Å². The molecule has 1 saturated heterocycles. The molecule has 2 heterocycles. The van der Waals surface area contributed by atoms with Gasteiger partial charge in [-0.2, -0.15) is 0 Å². The third kappa shape index (κ3) is 3.69. The highest BCUT2D eigenvalue weighted by molar-refractivity contribution is 9.10. The fourth-order valence-electron chi connectivity index (χ4n) is 3.69. The van der Waals surface area contributed by atoms with E-state index in [0.717, 1.165) is 39.6 Å². The Kier molecular flexibility index (Phi) is 5.45. The molecule has 1 aliphatic rings. The maximum Gasteiger partial charge on any atom is 0.310 e. The lowest BCUT2D eigenvalue weighted by molar-refractivity contribution is -0.144. The van der Waals surface area contributed by atoms with E-state index in [1.165, 1.54) is 7.11 Å². The smallest absolute Gasteiger partial charge is 0.310 e. The largest absolute Gasteiger partial charge is 0.469 e. The summed E-state index contributed by atoms with van der Waals surface area (Å²) >= 11 is 10.0. The number of methoxy groups -OCH3 is 1. The van der Waals surface area contributed by atoms with Crippen LogP contribution in [0.15, 0.2) is 39.2 Å². The summed E-state index contributed by atoms with van der Waals surface area (Å²) in [6, 6.07) is 9.85. The number of nitrogens with zero attached hydrogens (tertiary/aromatic N) is 2. The molecule has 0 spiro atoms. The second-order valence-corrected chi connectivity index (χ2v) is 8.36. The molecule has 5 nitrogen and oxygen atoms in total. The Morgan fingerprint density at radius 3 is 3.04 bits per heavy atom.